The number of benzene rings is 3. The van der Waals surface area contributed by atoms with E-state index in [1.165, 1.54) is 4.90 Å². The number of carbonyl (C=O) groups excluding carboxylic acids is 6. The van der Waals surface area contributed by atoms with Crippen LogP contribution in [0.4, 0.5) is 0 Å². The van der Waals surface area contributed by atoms with Crippen LogP contribution in [0.3, 0.4) is 0 Å². The smallest absolute Gasteiger partial charge is 0.326 e. The SMILES string of the molecule is CC(C)C[C@H](NC(=O)[C@H](CO)NC(=O)CN)C(=O)N[C@@H](Cc1ccccc1)C(=O)N[C@@H](Cc1ccccc1)C(=O)N[C@@H](Cc1c[nH]c2ccccc12)C(=O)N1CCC[C@H]1C(=O)O. The van der Waals surface area contributed by atoms with Gasteiger partial charge in [0.15, 0.2) is 0 Å². The number of aromatic nitrogens is 1. The molecule has 1 fully saturated rings. The summed E-state index contributed by atoms with van der Waals surface area (Å²) in [5.41, 5.74) is 8.25. The van der Waals surface area contributed by atoms with Crippen molar-refractivity contribution in [3.8, 4) is 0 Å². The molecule has 10 N–H and O–H groups in total. The number of likely N-dealkylation sites (tertiary alicyclic amines) is 1. The number of nitrogens with one attached hydrogen (secondary N) is 6. The first-order chi connectivity index (χ1) is 29.8. The lowest BCUT2D eigenvalue weighted by molar-refractivity contribution is -0.149. The van der Waals surface area contributed by atoms with E-state index < -0.39 is 90.8 Å². The van der Waals surface area contributed by atoms with Crippen molar-refractivity contribution in [3.05, 3.63) is 108 Å². The summed E-state index contributed by atoms with van der Waals surface area (Å²) in [6.45, 7) is 2.67. The maximum Gasteiger partial charge on any atom is 0.326 e. The third-order valence-corrected chi connectivity index (χ3v) is 10.7. The highest BCUT2D eigenvalue weighted by Gasteiger charge is 2.39. The van der Waals surface area contributed by atoms with Crippen LogP contribution in [0.2, 0.25) is 0 Å². The number of nitrogens with two attached hydrogens (primary N) is 1. The van der Waals surface area contributed by atoms with E-state index in [2.05, 4.69) is 31.6 Å². The molecule has 2 heterocycles. The number of fused-ring (bicyclic) bond motifs is 1. The Morgan fingerprint density at radius 3 is 1.76 bits per heavy atom. The van der Waals surface area contributed by atoms with E-state index in [0.717, 1.165) is 16.5 Å². The maximum absolute atomic E-state index is 14.6. The van der Waals surface area contributed by atoms with Crippen LogP contribution in [0, 0.1) is 5.92 Å². The summed E-state index contributed by atoms with van der Waals surface area (Å²) >= 11 is 0. The van der Waals surface area contributed by atoms with E-state index in [-0.39, 0.29) is 44.6 Å². The standard InChI is InChI=1S/C45H56N8O9/c1-27(2)20-33(49-43(59)37(26-54)48-39(55)24-46)40(56)50-34(21-28-12-5-3-6-13-28)41(57)51-35(22-29-14-7-4-8-15-29)42(58)52-36(44(60)53-19-11-18-38(53)45(61)62)23-30-25-47-32-17-10-9-16-31(30)32/h3-10,12-17,25,27,33-38,47,54H,11,18-24,26,46H2,1-2H3,(H,48,55)(H,49,59)(H,50,56)(H,51,57)(H,52,58)(H,61,62)/t33-,34-,35-,36-,37-,38-/m0/s1. The molecule has 3 aromatic carbocycles. The van der Waals surface area contributed by atoms with Crippen LogP contribution in [-0.4, -0.2) is 117 Å². The van der Waals surface area contributed by atoms with Gasteiger partial charge in [0, 0.05) is 42.9 Å². The highest BCUT2D eigenvalue weighted by Crippen LogP contribution is 2.23. The average molecular weight is 853 g/mol. The summed E-state index contributed by atoms with van der Waals surface area (Å²) in [5, 5.41) is 33.9. The fourth-order valence-electron chi connectivity index (χ4n) is 7.57. The van der Waals surface area contributed by atoms with Gasteiger partial charge in [0.2, 0.25) is 35.4 Å². The molecule has 62 heavy (non-hydrogen) atoms. The van der Waals surface area contributed by atoms with Gasteiger partial charge >= 0.3 is 5.97 Å². The molecular formula is C45H56N8O9. The van der Waals surface area contributed by atoms with Crippen molar-refractivity contribution in [3.63, 3.8) is 0 Å². The van der Waals surface area contributed by atoms with E-state index in [0.29, 0.717) is 17.5 Å². The first kappa shape index (κ1) is 46.5. The zero-order valence-corrected chi connectivity index (χ0v) is 34.8. The quantitative estimate of drug-likeness (QED) is 0.0567. The van der Waals surface area contributed by atoms with Gasteiger partial charge in [0.1, 0.15) is 36.3 Å². The van der Waals surface area contributed by atoms with Crippen LogP contribution in [0.15, 0.2) is 91.1 Å². The number of para-hydroxylation sites is 1. The van der Waals surface area contributed by atoms with Crippen molar-refractivity contribution in [2.75, 3.05) is 19.7 Å². The second-order valence-electron chi connectivity index (χ2n) is 15.9. The lowest BCUT2D eigenvalue weighted by Gasteiger charge is -2.30. The van der Waals surface area contributed by atoms with E-state index in [9.17, 15) is 43.8 Å². The Morgan fingerprint density at radius 1 is 0.694 bits per heavy atom. The summed E-state index contributed by atoms with van der Waals surface area (Å²) in [7, 11) is 0. The van der Waals surface area contributed by atoms with Crippen molar-refractivity contribution < 1.29 is 43.8 Å². The first-order valence-corrected chi connectivity index (χ1v) is 20.8. The minimum atomic E-state index is -1.39. The molecule has 0 spiro atoms. The Labute approximate surface area is 359 Å². The van der Waals surface area contributed by atoms with Gasteiger partial charge in [0.25, 0.3) is 0 Å². The number of nitrogens with zero attached hydrogens (tertiary/aromatic N) is 1. The Balaban J connectivity index is 1.44. The number of carboxylic acid groups (broad SMARTS) is 1. The van der Waals surface area contributed by atoms with Crippen molar-refractivity contribution in [2.45, 2.75) is 88.6 Å². The molecule has 0 saturated carbocycles. The summed E-state index contributed by atoms with van der Waals surface area (Å²) < 4.78 is 0. The van der Waals surface area contributed by atoms with Gasteiger partial charge in [-0.1, -0.05) is 92.7 Å². The molecule has 0 radical (unpaired) electrons. The highest BCUT2D eigenvalue weighted by atomic mass is 16.4. The molecule has 1 aliphatic rings. The number of carboxylic acids is 1. The minimum Gasteiger partial charge on any atom is -0.480 e. The van der Waals surface area contributed by atoms with Gasteiger partial charge in [-0.05, 0) is 47.9 Å². The lowest BCUT2D eigenvalue weighted by Crippen LogP contribution is -2.60. The topological polar surface area (TPSA) is 265 Å². The van der Waals surface area contributed by atoms with Gasteiger partial charge in [-0.15, -0.1) is 0 Å². The molecule has 0 aliphatic carbocycles. The zero-order chi connectivity index (χ0) is 44.8. The molecule has 0 bridgehead atoms. The number of rotatable bonds is 21. The van der Waals surface area contributed by atoms with Crippen molar-refractivity contribution in [1.82, 2.24) is 36.5 Å². The molecule has 17 heteroatoms. The monoisotopic (exact) mass is 852 g/mol. The minimum absolute atomic E-state index is 0.0109. The molecule has 17 nitrogen and oxygen atoms in total. The highest BCUT2D eigenvalue weighted by molar-refractivity contribution is 5.97. The van der Waals surface area contributed by atoms with Gasteiger partial charge in [-0.25, -0.2) is 4.79 Å². The van der Waals surface area contributed by atoms with Crippen LogP contribution < -0.4 is 32.3 Å². The number of aliphatic carboxylic acids is 1. The number of H-pyrrole nitrogens is 1. The van der Waals surface area contributed by atoms with Crippen molar-refractivity contribution in [1.29, 1.82) is 0 Å². The largest absolute Gasteiger partial charge is 0.480 e. The molecule has 6 amide bonds. The van der Waals surface area contributed by atoms with Crippen molar-refractivity contribution >= 4 is 52.3 Å². The lowest BCUT2D eigenvalue weighted by atomic mass is 9.99. The molecule has 330 valence electrons. The van der Waals surface area contributed by atoms with Crippen LogP contribution >= 0.6 is 0 Å². The van der Waals surface area contributed by atoms with Crippen LogP contribution in [0.25, 0.3) is 10.9 Å². The maximum atomic E-state index is 14.6. The molecule has 4 aromatic rings. The van der Waals surface area contributed by atoms with Gasteiger partial charge in [-0.3, -0.25) is 28.8 Å². The predicted molar refractivity (Wildman–Crippen MR) is 230 cm³/mol. The second-order valence-corrected chi connectivity index (χ2v) is 15.9. The van der Waals surface area contributed by atoms with E-state index in [1.807, 2.05) is 38.1 Å². The van der Waals surface area contributed by atoms with Gasteiger partial charge < -0.3 is 52.4 Å². The number of amides is 6. The zero-order valence-electron chi connectivity index (χ0n) is 34.8. The number of aromatic amines is 1. The second kappa shape index (κ2) is 22.3. The van der Waals surface area contributed by atoms with E-state index in [4.69, 9.17) is 5.73 Å². The Morgan fingerprint density at radius 2 is 1.21 bits per heavy atom. The number of aliphatic hydroxyl groups excluding tert-OH is 1. The van der Waals surface area contributed by atoms with Crippen LogP contribution in [0.5, 0.6) is 0 Å². The molecule has 0 unspecified atom stereocenters. The van der Waals surface area contributed by atoms with Gasteiger partial charge in [-0.2, -0.15) is 0 Å². The summed E-state index contributed by atoms with van der Waals surface area (Å²) in [6, 6.07) is 17.8. The molecule has 1 aromatic heterocycles. The fourth-order valence-corrected chi connectivity index (χ4v) is 7.57. The van der Waals surface area contributed by atoms with Crippen LogP contribution in [0.1, 0.15) is 49.8 Å². The molecule has 6 atom stereocenters. The van der Waals surface area contributed by atoms with Crippen LogP contribution in [-0.2, 0) is 52.8 Å². The van der Waals surface area contributed by atoms with E-state index >= 15 is 0 Å². The third kappa shape index (κ3) is 12.7. The Kier molecular flexibility index (Phi) is 16.7. The average Bonchev–Trinajstić information content (AvgIpc) is 3.93. The molecule has 1 saturated heterocycles. The van der Waals surface area contributed by atoms with E-state index in [1.54, 1.807) is 66.9 Å². The molecule has 5 rings (SSSR count). The Bertz CT molecular complexity index is 2180. The summed E-state index contributed by atoms with van der Waals surface area (Å²) in [6.07, 6.45) is 2.61. The summed E-state index contributed by atoms with van der Waals surface area (Å²) in [5.74, 6) is -5.53. The van der Waals surface area contributed by atoms with Gasteiger partial charge in [0.05, 0.1) is 13.2 Å². The number of aliphatic hydroxyl groups is 1. The third-order valence-electron chi connectivity index (χ3n) is 10.7. The molecule has 1 aliphatic heterocycles. The Hall–Kier alpha value is -6.59. The first-order valence-electron chi connectivity index (χ1n) is 20.8. The number of hydrogen-bond donors (Lipinski definition) is 9. The molecular weight excluding hydrogens is 797 g/mol. The normalized spacial score (nSPS) is 16.1. The predicted octanol–water partition coefficient (Wildman–Crippen LogP) is 0.693. The fraction of sp³-hybridized carbons (Fsp3) is 0.400. The number of carbonyl (C=O) groups is 7. The van der Waals surface area contributed by atoms with Crippen molar-refractivity contribution in [2.24, 2.45) is 11.7 Å². The summed E-state index contributed by atoms with van der Waals surface area (Å²) in [4.78, 5) is 99.1. The number of hydrogen-bond acceptors (Lipinski definition) is 9.